The number of aromatic nitrogens is 1. The summed E-state index contributed by atoms with van der Waals surface area (Å²) in [7, 11) is 0. The van der Waals surface area contributed by atoms with E-state index in [0.717, 1.165) is 16.9 Å². The maximum Gasteiger partial charge on any atom is 0.338 e. The predicted octanol–water partition coefficient (Wildman–Crippen LogP) is 5.45. The molecule has 1 atom stereocenters. The number of ether oxygens (including phenoxy) is 3. The molecule has 0 saturated heterocycles. The molecular formula is C32H28BrN3O7S. The number of benzene rings is 3. The Kier molecular flexibility index (Phi) is 9.40. The summed E-state index contributed by atoms with van der Waals surface area (Å²) in [5.41, 5.74) is 2.00. The summed E-state index contributed by atoms with van der Waals surface area (Å²) >= 11 is 4.55. The van der Waals surface area contributed by atoms with E-state index in [2.05, 4.69) is 20.9 Å². The SMILES string of the molecule is CCOC(=O)C1=C(C)N=c2s/c(=C\c3cc(Br)c(OCc4ccccc4)c([N+](=O)[O-])c3)c(=O)n2[C@@H]1c1ccc(OCC)cc1. The molecule has 4 aromatic rings. The number of carbonyl (C=O) groups is 1. The van der Waals surface area contributed by atoms with Gasteiger partial charge in [-0.15, -0.1) is 0 Å². The zero-order valence-electron chi connectivity index (χ0n) is 24.1. The van der Waals surface area contributed by atoms with E-state index < -0.39 is 22.5 Å². The Bertz CT molecular complexity index is 1930. The highest BCUT2D eigenvalue weighted by Crippen LogP contribution is 2.37. The lowest BCUT2D eigenvalue weighted by Crippen LogP contribution is -2.39. The molecule has 1 aliphatic rings. The van der Waals surface area contributed by atoms with E-state index in [9.17, 15) is 19.7 Å². The third kappa shape index (κ3) is 6.36. The van der Waals surface area contributed by atoms with Gasteiger partial charge in [0.05, 0.1) is 44.5 Å². The minimum atomic E-state index is -0.794. The zero-order valence-corrected chi connectivity index (χ0v) is 26.5. The molecule has 3 aromatic carbocycles. The van der Waals surface area contributed by atoms with Gasteiger partial charge in [-0.25, -0.2) is 9.79 Å². The smallest absolute Gasteiger partial charge is 0.338 e. The summed E-state index contributed by atoms with van der Waals surface area (Å²) in [5, 5.41) is 12.0. The molecule has 1 aliphatic heterocycles. The van der Waals surface area contributed by atoms with Crippen LogP contribution in [0.1, 0.15) is 43.5 Å². The summed E-state index contributed by atoms with van der Waals surface area (Å²) in [6.45, 7) is 6.11. The number of halogens is 1. The van der Waals surface area contributed by atoms with Crippen LogP contribution in [-0.4, -0.2) is 28.7 Å². The van der Waals surface area contributed by atoms with Crippen LogP contribution in [0.2, 0.25) is 0 Å². The van der Waals surface area contributed by atoms with Gasteiger partial charge in [0.1, 0.15) is 12.4 Å². The van der Waals surface area contributed by atoms with Gasteiger partial charge in [0.15, 0.2) is 4.80 Å². The third-order valence-electron chi connectivity index (χ3n) is 6.79. The van der Waals surface area contributed by atoms with E-state index in [1.807, 2.05) is 37.3 Å². The number of nitrogens with zero attached hydrogens (tertiary/aromatic N) is 3. The van der Waals surface area contributed by atoms with Crippen molar-refractivity contribution in [1.82, 2.24) is 4.57 Å². The molecule has 0 radical (unpaired) electrons. The van der Waals surface area contributed by atoms with Crippen LogP contribution in [0.25, 0.3) is 6.08 Å². The van der Waals surface area contributed by atoms with Crippen molar-refractivity contribution in [3.05, 3.63) is 129 Å². The van der Waals surface area contributed by atoms with Crippen LogP contribution in [0.15, 0.2) is 92.3 Å². The van der Waals surface area contributed by atoms with E-state index in [1.165, 1.54) is 10.6 Å². The van der Waals surface area contributed by atoms with Gasteiger partial charge < -0.3 is 14.2 Å². The van der Waals surface area contributed by atoms with Gasteiger partial charge in [-0.1, -0.05) is 53.8 Å². The van der Waals surface area contributed by atoms with Crippen LogP contribution >= 0.6 is 27.3 Å². The van der Waals surface area contributed by atoms with Crippen molar-refractivity contribution < 1.29 is 23.9 Å². The topological polar surface area (TPSA) is 122 Å². The Morgan fingerprint density at radius 1 is 1.09 bits per heavy atom. The van der Waals surface area contributed by atoms with E-state index >= 15 is 0 Å². The highest BCUT2D eigenvalue weighted by atomic mass is 79.9. The van der Waals surface area contributed by atoms with E-state index in [0.29, 0.717) is 38.5 Å². The van der Waals surface area contributed by atoms with Gasteiger partial charge in [-0.2, -0.15) is 0 Å². The molecule has 0 amide bonds. The first-order chi connectivity index (χ1) is 21.2. The number of rotatable bonds is 10. The molecule has 0 N–H and O–H groups in total. The Labute approximate surface area is 264 Å². The van der Waals surface area contributed by atoms with E-state index in [1.54, 1.807) is 50.3 Å². The summed E-state index contributed by atoms with van der Waals surface area (Å²) in [5.74, 6) is 0.181. The molecule has 0 saturated carbocycles. The first kappa shape index (κ1) is 30.9. The van der Waals surface area contributed by atoms with Crippen LogP contribution in [-0.2, 0) is 16.1 Å². The van der Waals surface area contributed by atoms with Gasteiger partial charge >= 0.3 is 11.7 Å². The first-order valence-corrected chi connectivity index (χ1v) is 15.4. The van der Waals surface area contributed by atoms with Crippen LogP contribution in [0, 0.1) is 10.1 Å². The minimum Gasteiger partial charge on any atom is -0.494 e. The number of esters is 1. The van der Waals surface area contributed by atoms with E-state index in [4.69, 9.17) is 14.2 Å². The Morgan fingerprint density at radius 3 is 2.48 bits per heavy atom. The van der Waals surface area contributed by atoms with Crippen molar-refractivity contribution in [3.8, 4) is 11.5 Å². The predicted molar refractivity (Wildman–Crippen MR) is 170 cm³/mol. The fourth-order valence-electron chi connectivity index (χ4n) is 4.86. The highest BCUT2D eigenvalue weighted by Gasteiger charge is 2.33. The molecule has 1 aromatic heterocycles. The number of nitro groups is 1. The zero-order chi connectivity index (χ0) is 31.4. The van der Waals surface area contributed by atoms with Crippen molar-refractivity contribution in [1.29, 1.82) is 0 Å². The van der Waals surface area contributed by atoms with Crippen LogP contribution in [0.4, 0.5) is 5.69 Å². The normalized spacial score (nSPS) is 14.5. The van der Waals surface area contributed by atoms with Crippen LogP contribution < -0.4 is 24.4 Å². The lowest BCUT2D eigenvalue weighted by molar-refractivity contribution is -0.386. The molecule has 0 aliphatic carbocycles. The van der Waals surface area contributed by atoms with Gasteiger partial charge in [0, 0.05) is 6.07 Å². The lowest BCUT2D eigenvalue weighted by atomic mass is 9.96. The van der Waals surface area contributed by atoms with Crippen LogP contribution in [0.5, 0.6) is 11.5 Å². The second-order valence-electron chi connectivity index (χ2n) is 9.69. The maximum absolute atomic E-state index is 13.9. The fraction of sp³-hybridized carbons (Fsp3) is 0.219. The second kappa shape index (κ2) is 13.4. The molecule has 0 spiro atoms. The first-order valence-electron chi connectivity index (χ1n) is 13.8. The van der Waals surface area contributed by atoms with Crippen molar-refractivity contribution in [2.75, 3.05) is 13.2 Å². The molecule has 44 heavy (non-hydrogen) atoms. The quantitative estimate of drug-likeness (QED) is 0.124. The standard InChI is InChI=1S/C32H28BrN3O7S/c1-4-41-23-13-11-22(12-14-23)28-27(31(38)42-5-2)19(3)34-32-35(28)30(37)26(44-32)17-21-15-24(33)29(25(16-21)36(39)40)43-18-20-9-7-6-8-10-20/h6-17,28H,4-5,18H2,1-3H3/b26-17-/t28-/m1/s1. The number of hydrogen-bond donors (Lipinski definition) is 0. The molecule has 0 fully saturated rings. The summed E-state index contributed by atoms with van der Waals surface area (Å²) in [4.78, 5) is 43.6. The second-order valence-corrected chi connectivity index (χ2v) is 11.6. The van der Waals surface area contributed by atoms with Gasteiger partial charge in [0.2, 0.25) is 5.75 Å². The maximum atomic E-state index is 13.9. The molecule has 5 rings (SSSR count). The average molecular weight is 679 g/mol. The molecule has 0 bridgehead atoms. The largest absolute Gasteiger partial charge is 0.494 e. The average Bonchev–Trinajstić information content (AvgIpc) is 3.30. The molecule has 12 heteroatoms. The number of carbonyl (C=O) groups excluding carboxylic acids is 1. The summed E-state index contributed by atoms with van der Waals surface area (Å²) in [6, 6.07) is 18.7. The molecule has 0 unspecified atom stereocenters. The Hall–Kier alpha value is -4.55. The van der Waals surface area contributed by atoms with E-state index in [-0.39, 0.29) is 34.8 Å². The van der Waals surface area contributed by atoms with Crippen molar-refractivity contribution in [3.63, 3.8) is 0 Å². The van der Waals surface area contributed by atoms with Gasteiger partial charge in [-0.3, -0.25) is 19.5 Å². The molecule has 226 valence electrons. The molecule has 2 heterocycles. The van der Waals surface area contributed by atoms with Gasteiger partial charge in [0.25, 0.3) is 5.56 Å². The fourth-order valence-corrected chi connectivity index (χ4v) is 6.49. The molecular weight excluding hydrogens is 650 g/mol. The Balaban J connectivity index is 1.60. The van der Waals surface area contributed by atoms with Crippen molar-refractivity contribution in [2.24, 2.45) is 4.99 Å². The number of nitro benzene ring substituents is 1. The monoisotopic (exact) mass is 677 g/mol. The number of fused-ring (bicyclic) bond motifs is 1. The summed E-state index contributed by atoms with van der Waals surface area (Å²) in [6.07, 6.45) is 1.57. The third-order valence-corrected chi connectivity index (χ3v) is 8.36. The number of hydrogen-bond acceptors (Lipinski definition) is 9. The van der Waals surface area contributed by atoms with Crippen molar-refractivity contribution >= 4 is 45.0 Å². The molecule has 10 nitrogen and oxygen atoms in total. The lowest BCUT2D eigenvalue weighted by Gasteiger charge is -2.24. The minimum absolute atomic E-state index is 0.0858. The van der Waals surface area contributed by atoms with Crippen molar-refractivity contribution in [2.45, 2.75) is 33.4 Å². The Morgan fingerprint density at radius 2 is 1.82 bits per heavy atom. The highest BCUT2D eigenvalue weighted by molar-refractivity contribution is 9.10. The number of thiazole rings is 1. The number of allylic oxidation sites excluding steroid dienone is 1. The van der Waals surface area contributed by atoms with Crippen LogP contribution in [0.3, 0.4) is 0 Å². The van der Waals surface area contributed by atoms with Gasteiger partial charge in [-0.05, 0) is 77.7 Å². The summed E-state index contributed by atoms with van der Waals surface area (Å²) < 4.78 is 18.9.